The molecule has 0 atom stereocenters. The van der Waals surface area contributed by atoms with Gasteiger partial charge in [-0.2, -0.15) is 0 Å². The lowest BCUT2D eigenvalue weighted by atomic mass is 9.96. The van der Waals surface area contributed by atoms with Gasteiger partial charge < -0.3 is 14.0 Å². The Morgan fingerprint density at radius 2 is 1.53 bits per heavy atom. The number of aromatic nitrogens is 4. The lowest BCUT2D eigenvalue weighted by Crippen LogP contribution is -2.41. The summed E-state index contributed by atoms with van der Waals surface area (Å²) < 4.78 is 29.3. The van der Waals surface area contributed by atoms with Crippen LogP contribution in [0.2, 0.25) is 0 Å². The first-order valence-electron chi connectivity index (χ1n) is 12.8. The van der Waals surface area contributed by atoms with E-state index in [-0.39, 0.29) is 11.8 Å². The number of benzene rings is 2. The van der Waals surface area contributed by atoms with Crippen LogP contribution in [-0.2, 0) is 27.7 Å². The standard InChI is InChI=1S/C29H31N5O3S/c35-28(23-38(36,37)20-13-24-7-3-1-4-8-24)32-16-11-26(12-17-32)29-31-15-19-34(29)22-27-30-14-18-33(27)21-25-9-5-2-6-10-25/h1-10,13-15,18-20,26H,11-12,16-17,21-23H2. The van der Waals surface area contributed by atoms with Crippen molar-refractivity contribution >= 4 is 21.8 Å². The Bertz CT molecular complexity index is 1490. The smallest absolute Gasteiger partial charge is 0.238 e. The van der Waals surface area contributed by atoms with E-state index >= 15 is 0 Å². The van der Waals surface area contributed by atoms with Crippen molar-refractivity contribution in [3.63, 3.8) is 0 Å². The van der Waals surface area contributed by atoms with E-state index in [1.165, 1.54) is 11.6 Å². The fraction of sp³-hybridized carbons (Fsp3) is 0.276. The minimum atomic E-state index is -3.65. The van der Waals surface area contributed by atoms with Gasteiger partial charge in [-0.15, -0.1) is 0 Å². The third-order valence-electron chi connectivity index (χ3n) is 6.86. The molecule has 1 aliphatic rings. The normalized spacial score (nSPS) is 14.8. The monoisotopic (exact) mass is 529 g/mol. The number of rotatable bonds is 9. The number of amides is 1. The highest BCUT2D eigenvalue weighted by molar-refractivity contribution is 7.95. The minimum Gasteiger partial charge on any atom is -0.342 e. The molecule has 3 heterocycles. The molecule has 0 bridgehead atoms. The van der Waals surface area contributed by atoms with Gasteiger partial charge in [0.1, 0.15) is 17.4 Å². The summed E-state index contributed by atoms with van der Waals surface area (Å²) in [7, 11) is -3.65. The molecule has 9 heteroatoms. The molecule has 0 radical (unpaired) electrons. The van der Waals surface area contributed by atoms with Gasteiger partial charge in [-0.05, 0) is 30.0 Å². The number of hydrogen-bond donors (Lipinski definition) is 0. The molecule has 5 rings (SSSR count). The highest BCUT2D eigenvalue weighted by Gasteiger charge is 2.28. The Kier molecular flexibility index (Phi) is 7.83. The largest absolute Gasteiger partial charge is 0.342 e. The summed E-state index contributed by atoms with van der Waals surface area (Å²) in [5.74, 6) is 1.26. The Labute approximate surface area is 223 Å². The summed E-state index contributed by atoms with van der Waals surface area (Å²) in [6, 6.07) is 19.5. The number of likely N-dealkylation sites (tertiary alicyclic amines) is 1. The van der Waals surface area contributed by atoms with Gasteiger partial charge in [-0.1, -0.05) is 60.7 Å². The zero-order valence-corrected chi connectivity index (χ0v) is 22.0. The number of imidazole rings is 2. The molecule has 0 aliphatic carbocycles. The molecule has 4 aromatic rings. The van der Waals surface area contributed by atoms with Gasteiger partial charge in [-0.25, -0.2) is 18.4 Å². The third-order valence-corrected chi connectivity index (χ3v) is 8.06. The number of carbonyl (C=O) groups is 1. The summed E-state index contributed by atoms with van der Waals surface area (Å²) in [6.45, 7) is 2.39. The van der Waals surface area contributed by atoms with Crippen LogP contribution in [0.15, 0.2) is 90.9 Å². The van der Waals surface area contributed by atoms with Gasteiger partial charge in [0.2, 0.25) is 5.91 Å². The molecular weight excluding hydrogens is 498 g/mol. The molecule has 0 unspecified atom stereocenters. The molecular formula is C29H31N5O3S. The van der Waals surface area contributed by atoms with Crippen LogP contribution in [-0.4, -0.2) is 57.2 Å². The maximum atomic E-state index is 12.8. The van der Waals surface area contributed by atoms with Crippen LogP contribution in [0.1, 0.15) is 41.5 Å². The van der Waals surface area contributed by atoms with Crippen molar-refractivity contribution in [2.45, 2.75) is 31.8 Å². The van der Waals surface area contributed by atoms with Crippen LogP contribution in [0.4, 0.5) is 0 Å². The molecule has 0 N–H and O–H groups in total. The van der Waals surface area contributed by atoms with Crippen LogP contribution >= 0.6 is 0 Å². The van der Waals surface area contributed by atoms with Gasteiger partial charge in [0.25, 0.3) is 0 Å². The van der Waals surface area contributed by atoms with E-state index in [2.05, 4.69) is 31.2 Å². The number of carbonyl (C=O) groups excluding carboxylic acids is 1. The van der Waals surface area contributed by atoms with Crippen LogP contribution < -0.4 is 0 Å². The van der Waals surface area contributed by atoms with E-state index in [1.54, 1.807) is 4.90 Å². The van der Waals surface area contributed by atoms with Crippen LogP contribution in [0.5, 0.6) is 0 Å². The average molecular weight is 530 g/mol. The highest BCUT2D eigenvalue weighted by atomic mass is 32.2. The molecule has 1 amide bonds. The van der Waals surface area contributed by atoms with Crippen molar-refractivity contribution in [2.75, 3.05) is 18.8 Å². The predicted molar refractivity (Wildman–Crippen MR) is 147 cm³/mol. The number of piperidine rings is 1. The molecule has 0 saturated carbocycles. The van der Waals surface area contributed by atoms with E-state index in [1.807, 2.05) is 73.3 Å². The molecule has 1 fully saturated rings. The molecule has 1 aliphatic heterocycles. The first kappa shape index (κ1) is 25.7. The van der Waals surface area contributed by atoms with E-state index in [4.69, 9.17) is 0 Å². The Morgan fingerprint density at radius 3 is 2.26 bits per heavy atom. The zero-order valence-electron chi connectivity index (χ0n) is 21.1. The second-order valence-corrected chi connectivity index (χ2v) is 11.4. The van der Waals surface area contributed by atoms with Crippen molar-refractivity contribution in [2.24, 2.45) is 0 Å². The number of hydrogen-bond acceptors (Lipinski definition) is 5. The number of nitrogens with zero attached hydrogens (tertiary/aromatic N) is 5. The van der Waals surface area contributed by atoms with Gasteiger partial charge in [-0.3, -0.25) is 4.79 Å². The van der Waals surface area contributed by atoms with Crippen molar-refractivity contribution in [1.82, 2.24) is 24.0 Å². The van der Waals surface area contributed by atoms with Crippen molar-refractivity contribution in [1.29, 1.82) is 0 Å². The Morgan fingerprint density at radius 1 is 0.868 bits per heavy atom. The second-order valence-electron chi connectivity index (χ2n) is 9.55. The second kappa shape index (κ2) is 11.6. The maximum Gasteiger partial charge on any atom is 0.238 e. The van der Waals surface area contributed by atoms with Crippen molar-refractivity contribution in [3.05, 3.63) is 114 Å². The van der Waals surface area contributed by atoms with E-state index in [9.17, 15) is 13.2 Å². The molecule has 2 aromatic heterocycles. The van der Waals surface area contributed by atoms with Crippen LogP contribution in [0.3, 0.4) is 0 Å². The van der Waals surface area contributed by atoms with Gasteiger partial charge in [0, 0.05) is 55.7 Å². The molecule has 196 valence electrons. The first-order chi connectivity index (χ1) is 18.5. The van der Waals surface area contributed by atoms with E-state index in [0.29, 0.717) is 19.6 Å². The summed E-state index contributed by atoms with van der Waals surface area (Å²) in [5.41, 5.74) is 1.99. The fourth-order valence-corrected chi connectivity index (χ4v) is 5.81. The zero-order chi connectivity index (χ0) is 26.4. The van der Waals surface area contributed by atoms with E-state index < -0.39 is 15.6 Å². The summed E-state index contributed by atoms with van der Waals surface area (Å²) in [4.78, 5) is 23.6. The minimum absolute atomic E-state index is 0.196. The van der Waals surface area contributed by atoms with Crippen molar-refractivity contribution < 1.29 is 13.2 Å². The van der Waals surface area contributed by atoms with Crippen molar-refractivity contribution in [3.8, 4) is 0 Å². The fourth-order valence-electron chi connectivity index (χ4n) is 4.83. The average Bonchev–Trinajstić information content (AvgIpc) is 3.58. The summed E-state index contributed by atoms with van der Waals surface area (Å²) >= 11 is 0. The Balaban J connectivity index is 1.17. The topological polar surface area (TPSA) is 90.1 Å². The Hall–Kier alpha value is -3.98. The van der Waals surface area contributed by atoms with Crippen LogP contribution in [0, 0.1) is 0 Å². The van der Waals surface area contributed by atoms with Gasteiger partial charge in [0.15, 0.2) is 9.84 Å². The molecule has 38 heavy (non-hydrogen) atoms. The first-order valence-corrected chi connectivity index (χ1v) is 14.5. The van der Waals surface area contributed by atoms with E-state index in [0.717, 1.165) is 42.0 Å². The summed E-state index contributed by atoms with van der Waals surface area (Å²) in [5, 5.41) is 1.13. The molecule has 8 nitrogen and oxygen atoms in total. The number of sulfone groups is 1. The lowest BCUT2D eigenvalue weighted by Gasteiger charge is -2.31. The summed E-state index contributed by atoms with van der Waals surface area (Å²) in [6.07, 6.45) is 10.6. The van der Waals surface area contributed by atoms with Gasteiger partial charge in [0.05, 0.1) is 6.54 Å². The molecule has 0 spiro atoms. The molecule has 2 aromatic carbocycles. The predicted octanol–water partition coefficient (Wildman–Crippen LogP) is 3.97. The maximum absolute atomic E-state index is 12.8. The highest BCUT2D eigenvalue weighted by Crippen LogP contribution is 2.27. The van der Waals surface area contributed by atoms with Gasteiger partial charge >= 0.3 is 0 Å². The quantitative estimate of drug-likeness (QED) is 0.327. The lowest BCUT2D eigenvalue weighted by molar-refractivity contribution is -0.129. The third kappa shape index (κ3) is 6.47. The SMILES string of the molecule is O=C(CS(=O)(=O)C=Cc1ccccc1)N1CCC(c2nccn2Cc2nccn2Cc2ccccc2)CC1. The van der Waals surface area contributed by atoms with Crippen LogP contribution in [0.25, 0.3) is 6.08 Å². The molecule has 1 saturated heterocycles.